The molecule has 0 radical (unpaired) electrons. The highest BCUT2D eigenvalue weighted by Crippen LogP contribution is 2.17. The molecule has 1 heterocycles. The number of rotatable bonds is 3. The maximum absolute atomic E-state index is 12.9. The van der Waals surface area contributed by atoms with Gasteiger partial charge >= 0.3 is 6.09 Å². The van der Waals surface area contributed by atoms with E-state index in [1.165, 1.54) is 17.0 Å². The van der Waals surface area contributed by atoms with E-state index < -0.39 is 11.7 Å². The van der Waals surface area contributed by atoms with E-state index in [1.54, 1.807) is 40.0 Å². The number of benzene rings is 1. The fourth-order valence-corrected chi connectivity index (χ4v) is 1.64. The van der Waals surface area contributed by atoms with Crippen molar-refractivity contribution in [3.8, 4) is 11.4 Å². The molecule has 0 fully saturated rings. The summed E-state index contributed by atoms with van der Waals surface area (Å²) in [5.41, 5.74) is 0.0655. The zero-order valence-corrected chi connectivity index (χ0v) is 13.0. The predicted octanol–water partition coefficient (Wildman–Crippen LogP) is 3.24. The van der Waals surface area contributed by atoms with Gasteiger partial charge in [-0.25, -0.2) is 9.18 Å². The van der Waals surface area contributed by atoms with Crippen LogP contribution in [0.15, 0.2) is 28.8 Å². The van der Waals surface area contributed by atoms with Crippen molar-refractivity contribution in [3.05, 3.63) is 36.0 Å². The molecule has 0 N–H and O–H groups in total. The van der Waals surface area contributed by atoms with E-state index in [1.807, 2.05) is 0 Å². The summed E-state index contributed by atoms with van der Waals surface area (Å²) < 4.78 is 23.2. The Morgan fingerprint density at radius 2 is 1.95 bits per heavy atom. The fourth-order valence-electron chi connectivity index (χ4n) is 1.64. The van der Waals surface area contributed by atoms with Crippen LogP contribution in [0, 0.1) is 5.82 Å². The standard InChI is InChI=1S/C15H18FN3O3/c1-15(2,3)21-14(20)19(4)9-12-17-13(18-22-12)10-5-7-11(16)8-6-10/h5-8H,9H2,1-4H3. The Bertz CT molecular complexity index is 647. The zero-order valence-electron chi connectivity index (χ0n) is 13.0. The molecule has 1 aromatic heterocycles. The summed E-state index contributed by atoms with van der Waals surface area (Å²) >= 11 is 0. The van der Waals surface area contributed by atoms with Crippen molar-refractivity contribution >= 4 is 6.09 Å². The normalized spacial score (nSPS) is 11.3. The molecule has 2 rings (SSSR count). The number of ether oxygens (including phenoxy) is 1. The van der Waals surface area contributed by atoms with Crippen LogP contribution >= 0.6 is 0 Å². The molecule has 118 valence electrons. The molecule has 0 atom stereocenters. The molecule has 0 spiro atoms. The van der Waals surface area contributed by atoms with Crippen molar-refractivity contribution in [3.63, 3.8) is 0 Å². The lowest BCUT2D eigenvalue weighted by Crippen LogP contribution is -2.33. The molecular weight excluding hydrogens is 289 g/mol. The molecule has 0 saturated heterocycles. The van der Waals surface area contributed by atoms with Gasteiger partial charge < -0.3 is 14.2 Å². The van der Waals surface area contributed by atoms with Gasteiger partial charge in [-0.15, -0.1) is 0 Å². The number of hydrogen-bond acceptors (Lipinski definition) is 5. The summed E-state index contributed by atoms with van der Waals surface area (Å²) in [5.74, 6) is 0.275. The molecule has 1 amide bonds. The molecule has 0 aliphatic carbocycles. The van der Waals surface area contributed by atoms with E-state index in [4.69, 9.17) is 9.26 Å². The summed E-state index contributed by atoms with van der Waals surface area (Å²) in [7, 11) is 1.58. The minimum Gasteiger partial charge on any atom is -0.444 e. The van der Waals surface area contributed by atoms with Gasteiger partial charge in [0, 0.05) is 12.6 Å². The topological polar surface area (TPSA) is 68.5 Å². The fraction of sp³-hybridized carbons (Fsp3) is 0.400. The minimum atomic E-state index is -0.570. The highest BCUT2D eigenvalue weighted by atomic mass is 19.1. The van der Waals surface area contributed by atoms with Crippen LogP contribution in [0.2, 0.25) is 0 Å². The largest absolute Gasteiger partial charge is 0.444 e. The number of nitrogens with zero attached hydrogens (tertiary/aromatic N) is 3. The molecule has 22 heavy (non-hydrogen) atoms. The Labute approximate surface area is 127 Å². The molecule has 0 aliphatic rings. The first-order chi connectivity index (χ1) is 10.2. The lowest BCUT2D eigenvalue weighted by molar-refractivity contribution is 0.0268. The number of carbonyl (C=O) groups is 1. The molecule has 1 aromatic carbocycles. The van der Waals surface area contributed by atoms with Crippen molar-refractivity contribution in [1.29, 1.82) is 0 Å². The van der Waals surface area contributed by atoms with E-state index in [2.05, 4.69) is 10.1 Å². The van der Waals surface area contributed by atoms with E-state index in [9.17, 15) is 9.18 Å². The summed E-state index contributed by atoms with van der Waals surface area (Å²) in [6, 6.07) is 5.75. The SMILES string of the molecule is CN(Cc1nc(-c2ccc(F)cc2)no1)C(=O)OC(C)(C)C. The van der Waals surface area contributed by atoms with Crippen LogP contribution < -0.4 is 0 Å². The summed E-state index contributed by atoms with van der Waals surface area (Å²) in [5, 5.41) is 3.82. The van der Waals surface area contributed by atoms with Crippen LogP contribution in [-0.2, 0) is 11.3 Å². The van der Waals surface area contributed by atoms with Gasteiger partial charge in [0.2, 0.25) is 11.7 Å². The molecule has 0 unspecified atom stereocenters. The third-order valence-electron chi connectivity index (χ3n) is 2.65. The predicted molar refractivity (Wildman–Crippen MR) is 77.4 cm³/mol. The Hall–Kier alpha value is -2.44. The molecular formula is C15H18FN3O3. The van der Waals surface area contributed by atoms with Crippen LogP contribution in [0.1, 0.15) is 26.7 Å². The maximum Gasteiger partial charge on any atom is 0.410 e. The lowest BCUT2D eigenvalue weighted by Gasteiger charge is -2.23. The molecule has 0 saturated carbocycles. The Morgan fingerprint density at radius 1 is 1.32 bits per heavy atom. The average Bonchev–Trinajstić information content (AvgIpc) is 2.86. The van der Waals surface area contributed by atoms with Gasteiger partial charge in [0.25, 0.3) is 0 Å². The molecule has 6 nitrogen and oxygen atoms in total. The van der Waals surface area contributed by atoms with Crippen molar-refractivity contribution in [2.45, 2.75) is 32.9 Å². The smallest absolute Gasteiger partial charge is 0.410 e. The summed E-state index contributed by atoms with van der Waals surface area (Å²) in [4.78, 5) is 17.4. The maximum atomic E-state index is 12.9. The number of aromatic nitrogens is 2. The van der Waals surface area contributed by atoms with Gasteiger partial charge in [-0.1, -0.05) is 5.16 Å². The molecule has 0 aliphatic heterocycles. The highest BCUT2D eigenvalue weighted by molar-refractivity contribution is 5.67. The Morgan fingerprint density at radius 3 is 2.55 bits per heavy atom. The monoisotopic (exact) mass is 307 g/mol. The van der Waals surface area contributed by atoms with Crippen molar-refractivity contribution < 1.29 is 18.4 Å². The van der Waals surface area contributed by atoms with Crippen molar-refractivity contribution in [2.75, 3.05) is 7.05 Å². The van der Waals surface area contributed by atoms with Crippen LogP contribution in [-0.4, -0.2) is 33.8 Å². The van der Waals surface area contributed by atoms with E-state index in [0.29, 0.717) is 11.4 Å². The van der Waals surface area contributed by atoms with E-state index in [0.717, 1.165) is 0 Å². The molecule has 0 bridgehead atoms. The number of carbonyl (C=O) groups excluding carboxylic acids is 1. The third-order valence-corrected chi connectivity index (χ3v) is 2.65. The second-order valence-corrected chi connectivity index (χ2v) is 5.86. The first-order valence-corrected chi connectivity index (χ1v) is 6.77. The second-order valence-electron chi connectivity index (χ2n) is 5.86. The van der Waals surface area contributed by atoms with Gasteiger partial charge in [0.1, 0.15) is 18.0 Å². The lowest BCUT2D eigenvalue weighted by atomic mass is 10.2. The van der Waals surface area contributed by atoms with Gasteiger partial charge in [-0.2, -0.15) is 4.98 Å². The van der Waals surface area contributed by atoms with Gasteiger partial charge in [0.15, 0.2) is 0 Å². The van der Waals surface area contributed by atoms with E-state index >= 15 is 0 Å². The van der Waals surface area contributed by atoms with Gasteiger partial charge in [-0.05, 0) is 45.0 Å². The third kappa shape index (κ3) is 4.28. The Balaban J connectivity index is 2.03. The molecule has 2 aromatic rings. The molecule has 7 heteroatoms. The first kappa shape index (κ1) is 15.9. The Kier molecular flexibility index (Phi) is 4.44. The summed E-state index contributed by atoms with van der Waals surface area (Å²) in [6.45, 7) is 5.50. The van der Waals surface area contributed by atoms with Gasteiger partial charge in [0.05, 0.1) is 0 Å². The van der Waals surface area contributed by atoms with Crippen LogP contribution in [0.4, 0.5) is 9.18 Å². The van der Waals surface area contributed by atoms with E-state index in [-0.39, 0.29) is 18.3 Å². The van der Waals surface area contributed by atoms with Crippen LogP contribution in [0.3, 0.4) is 0 Å². The zero-order chi connectivity index (χ0) is 16.3. The quantitative estimate of drug-likeness (QED) is 0.870. The first-order valence-electron chi connectivity index (χ1n) is 6.77. The van der Waals surface area contributed by atoms with Crippen molar-refractivity contribution in [1.82, 2.24) is 15.0 Å². The van der Waals surface area contributed by atoms with Gasteiger partial charge in [-0.3, -0.25) is 0 Å². The minimum absolute atomic E-state index is 0.128. The number of hydrogen-bond donors (Lipinski definition) is 0. The highest BCUT2D eigenvalue weighted by Gasteiger charge is 2.21. The number of halogens is 1. The second kappa shape index (κ2) is 6.13. The number of amides is 1. The van der Waals surface area contributed by atoms with Crippen LogP contribution in [0.5, 0.6) is 0 Å². The van der Waals surface area contributed by atoms with Crippen molar-refractivity contribution in [2.24, 2.45) is 0 Å². The summed E-state index contributed by atoms with van der Waals surface area (Å²) in [6.07, 6.45) is -0.478. The van der Waals surface area contributed by atoms with Crippen LogP contribution in [0.25, 0.3) is 11.4 Å². The average molecular weight is 307 g/mol.